The molecule has 1 aromatic rings. The van der Waals surface area contributed by atoms with Gasteiger partial charge < -0.3 is 10.6 Å². The minimum atomic E-state index is -3.62. The van der Waals surface area contributed by atoms with E-state index in [9.17, 15) is 12.8 Å². The number of hydrogen-bond acceptors (Lipinski definition) is 4. The zero-order valence-corrected chi connectivity index (χ0v) is 12.6. The smallest absolute Gasteiger partial charge is 0.243 e. The van der Waals surface area contributed by atoms with Gasteiger partial charge in [-0.15, -0.1) is 0 Å². The van der Waals surface area contributed by atoms with Crippen LogP contribution < -0.4 is 5.73 Å². The highest BCUT2D eigenvalue weighted by molar-refractivity contribution is 7.89. The van der Waals surface area contributed by atoms with Crippen molar-refractivity contribution in [3.63, 3.8) is 0 Å². The van der Waals surface area contributed by atoms with Gasteiger partial charge in [-0.2, -0.15) is 4.31 Å². The van der Waals surface area contributed by atoms with Gasteiger partial charge in [0.15, 0.2) is 0 Å². The van der Waals surface area contributed by atoms with Crippen molar-refractivity contribution in [2.24, 2.45) is 0 Å². The van der Waals surface area contributed by atoms with Crippen molar-refractivity contribution in [3.05, 3.63) is 23.5 Å². The summed E-state index contributed by atoms with van der Waals surface area (Å²) in [7, 11) is -1.65. The quantitative estimate of drug-likeness (QED) is 0.829. The van der Waals surface area contributed by atoms with Gasteiger partial charge in [-0.25, -0.2) is 12.8 Å². The van der Waals surface area contributed by atoms with Crippen molar-refractivity contribution in [2.75, 3.05) is 39.0 Å². The number of hydrogen-bond donors (Lipinski definition) is 1. The number of benzene rings is 1. The first-order chi connectivity index (χ1) is 9.32. The van der Waals surface area contributed by atoms with Crippen LogP contribution in [-0.4, -0.2) is 50.8 Å². The lowest BCUT2D eigenvalue weighted by molar-refractivity contribution is 0.347. The lowest BCUT2D eigenvalue weighted by Crippen LogP contribution is -2.35. The number of sulfonamides is 1. The molecular weight excluding hydrogens is 281 g/mol. The van der Waals surface area contributed by atoms with Gasteiger partial charge in [0.2, 0.25) is 10.0 Å². The van der Waals surface area contributed by atoms with Gasteiger partial charge in [-0.3, -0.25) is 0 Å². The van der Waals surface area contributed by atoms with Crippen LogP contribution in [-0.2, 0) is 10.0 Å². The van der Waals surface area contributed by atoms with Crippen molar-refractivity contribution >= 4 is 15.7 Å². The van der Waals surface area contributed by atoms with E-state index in [-0.39, 0.29) is 10.6 Å². The first-order valence-electron chi connectivity index (χ1n) is 6.56. The number of nitrogens with two attached hydrogens (primary N) is 1. The molecule has 2 rings (SSSR count). The number of nitrogen functional groups attached to an aromatic ring is 1. The molecule has 1 aliphatic heterocycles. The number of aryl methyl sites for hydroxylation is 1. The second-order valence-electron chi connectivity index (χ2n) is 5.20. The molecule has 0 unspecified atom stereocenters. The Balaban J connectivity index is 2.37. The molecule has 0 aromatic heterocycles. The SMILES string of the molecule is Cc1cc(F)c(N)cc1S(=O)(=O)N1CCCN(C)CC1. The first kappa shape index (κ1) is 15.2. The number of likely N-dealkylation sites (N-methyl/N-ethyl adjacent to an activating group) is 1. The predicted octanol–water partition coefficient (Wildman–Crippen LogP) is 1.04. The van der Waals surface area contributed by atoms with E-state index in [0.29, 0.717) is 25.2 Å². The molecule has 0 spiro atoms. The average molecular weight is 301 g/mol. The summed E-state index contributed by atoms with van der Waals surface area (Å²) in [6, 6.07) is 2.39. The van der Waals surface area contributed by atoms with Gasteiger partial charge in [0.25, 0.3) is 0 Å². The van der Waals surface area contributed by atoms with E-state index >= 15 is 0 Å². The lowest BCUT2D eigenvalue weighted by Gasteiger charge is -2.21. The molecule has 1 saturated heterocycles. The maximum absolute atomic E-state index is 13.4. The maximum atomic E-state index is 13.4. The van der Waals surface area contributed by atoms with E-state index in [2.05, 4.69) is 4.90 Å². The normalized spacial score (nSPS) is 18.9. The molecule has 1 aromatic carbocycles. The van der Waals surface area contributed by atoms with Gasteiger partial charge in [0.1, 0.15) is 5.82 Å². The number of halogens is 1. The highest BCUT2D eigenvalue weighted by Crippen LogP contribution is 2.25. The van der Waals surface area contributed by atoms with Crippen molar-refractivity contribution in [1.29, 1.82) is 0 Å². The molecule has 1 heterocycles. The molecule has 0 amide bonds. The maximum Gasteiger partial charge on any atom is 0.243 e. The van der Waals surface area contributed by atoms with Crippen LogP contribution in [0.2, 0.25) is 0 Å². The molecule has 1 fully saturated rings. The summed E-state index contributed by atoms with van der Waals surface area (Å²) >= 11 is 0. The minimum Gasteiger partial charge on any atom is -0.396 e. The molecule has 0 bridgehead atoms. The summed E-state index contributed by atoms with van der Waals surface area (Å²) in [5.74, 6) is -0.586. The summed E-state index contributed by atoms with van der Waals surface area (Å²) in [5.41, 5.74) is 5.75. The summed E-state index contributed by atoms with van der Waals surface area (Å²) in [4.78, 5) is 2.20. The third-order valence-corrected chi connectivity index (χ3v) is 5.63. The molecule has 7 heteroatoms. The molecule has 0 atom stereocenters. The van der Waals surface area contributed by atoms with Crippen molar-refractivity contribution < 1.29 is 12.8 Å². The van der Waals surface area contributed by atoms with Crippen LogP contribution in [0.15, 0.2) is 17.0 Å². The van der Waals surface area contributed by atoms with Gasteiger partial charge >= 0.3 is 0 Å². The van der Waals surface area contributed by atoms with Crippen LogP contribution >= 0.6 is 0 Å². The van der Waals surface area contributed by atoms with Crippen LogP contribution in [0, 0.1) is 12.7 Å². The van der Waals surface area contributed by atoms with Crippen LogP contribution in [0.4, 0.5) is 10.1 Å². The van der Waals surface area contributed by atoms with Crippen LogP contribution in [0.3, 0.4) is 0 Å². The molecule has 5 nitrogen and oxygen atoms in total. The monoisotopic (exact) mass is 301 g/mol. The van der Waals surface area contributed by atoms with Gasteiger partial charge in [0, 0.05) is 19.6 Å². The molecular formula is C13H20FN3O2S. The van der Waals surface area contributed by atoms with Crippen LogP contribution in [0.25, 0.3) is 0 Å². The van der Waals surface area contributed by atoms with E-state index in [4.69, 9.17) is 5.73 Å². The Labute approximate surface area is 119 Å². The Bertz CT molecular complexity index is 604. The minimum absolute atomic E-state index is 0.0981. The molecule has 0 radical (unpaired) electrons. The molecule has 2 N–H and O–H groups in total. The van der Waals surface area contributed by atoms with E-state index < -0.39 is 15.8 Å². The van der Waals surface area contributed by atoms with E-state index in [0.717, 1.165) is 13.0 Å². The standard InChI is InChI=1S/C13H20FN3O2S/c1-10-8-11(14)12(15)9-13(10)20(18,19)17-5-3-4-16(2)6-7-17/h8-9H,3-7,15H2,1-2H3. The molecule has 20 heavy (non-hydrogen) atoms. The highest BCUT2D eigenvalue weighted by atomic mass is 32.2. The second kappa shape index (κ2) is 5.67. The van der Waals surface area contributed by atoms with E-state index in [1.165, 1.54) is 16.4 Å². The van der Waals surface area contributed by atoms with Crippen molar-refractivity contribution in [2.45, 2.75) is 18.2 Å². The lowest BCUT2D eigenvalue weighted by atomic mass is 10.2. The van der Waals surface area contributed by atoms with Crippen molar-refractivity contribution in [3.8, 4) is 0 Å². The zero-order chi connectivity index (χ0) is 14.9. The fourth-order valence-electron chi connectivity index (χ4n) is 2.35. The van der Waals surface area contributed by atoms with Crippen LogP contribution in [0.5, 0.6) is 0 Å². The predicted molar refractivity (Wildman–Crippen MR) is 76.4 cm³/mol. The Morgan fingerprint density at radius 2 is 1.90 bits per heavy atom. The van der Waals surface area contributed by atoms with Crippen LogP contribution in [0.1, 0.15) is 12.0 Å². The average Bonchev–Trinajstić information content (AvgIpc) is 2.59. The Morgan fingerprint density at radius 1 is 1.20 bits per heavy atom. The Morgan fingerprint density at radius 3 is 2.60 bits per heavy atom. The summed E-state index contributed by atoms with van der Waals surface area (Å²) < 4.78 is 40.1. The van der Waals surface area contributed by atoms with Crippen molar-refractivity contribution in [1.82, 2.24) is 9.21 Å². The number of rotatable bonds is 2. The summed E-state index contributed by atoms with van der Waals surface area (Å²) in [5, 5.41) is 0. The third kappa shape index (κ3) is 2.94. The Kier molecular flexibility index (Phi) is 4.31. The first-order valence-corrected chi connectivity index (χ1v) is 8.00. The van der Waals surface area contributed by atoms with E-state index in [1.54, 1.807) is 6.92 Å². The molecule has 112 valence electrons. The van der Waals surface area contributed by atoms with Gasteiger partial charge in [-0.05, 0) is 44.6 Å². The highest BCUT2D eigenvalue weighted by Gasteiger charge is 2.28. The molecule has 0 saturated carbocycles. The summed E-state index contributed by atoms with van der Waals surface area (Å²) in [6.07, 6.45) is 0.783. The van der Waals surface area contributed by atoms with Gasteiger partial charge in [0.05, 0.1) is 10.6 Å². The largest absolute Gasteiger partial charge is 0.396 e. The topological polar surface area (TPSA) is 66.6 Å². The number of anilines is 1. The second-order valence-corrected chi connectivity index (χ2v) is 7.11. The van der Waals surface area contributed by atoms with E-state index in [1.807, 2.05) is 7.05 Å². The van der Waals surface area contributed by atoms with Gasteiger partial charge in [-0.1, -0.05) is 0 Å². The molecule has 1 aliphatic rings. The molecule has 0 aliphatic carbocycles. The third-order valence-electron chi connectivity index (χ3n) is 3.59. The fourth-order valence-corrected chi connectivity index (χ4v) is 4.06. The zero-order valence-electron chi connectivity index (χ0n) is 11.8. The summed E-state index contributed by atoms with van der Waals surface area (Å²) in [6.45, 7) is 4.06. The fraction of sp³-hybridized carbons (Fsp3) is 0.538. The Hall–Kier alpha value is -1.18. The number of nitrogens with zero attached hydrogens (tertiary/aromatic N) is 2.